The van der Waals surface area contributed by atoms with E-state index in [9.17, 15) is 4.79 Å². The number of nitrogens with one attached hydrogen (secondary N) is 1. The second-order valence-corrected chi connectivity index (χ2v) is 16.3. The molecule has 0 saturated heterocycles. The van der Waals surface area contributed by atoms with Crippen molar-refractivity contribution >= 4 is 6.09 Å². The van der Waals surface area contributed by atoms with E-state index in [0.717, 1.165) is 107 Å². The van der Waals surface area contributed by atoms with Crippen LogP contribution in [0.1, 0.15) is 131 Å². The number of hydrogen-bond donors (Lipinski definition) is 3. The fourth-order valence-corrected chi connectivity index (χ4v) is 10.5. The molecule has 254 valence electrons. The smallest absolute Gasteiger partial charge is 0.410 e. The summed E-state index contributed by atoms with van der Waals surface area (Å²) in [5, 5.41) is 3.44. The second kappa shape index (κ2) is 16.6. The molecule has 0 heterocycles. The lowest BCUT2D eigenvalue weighted by molar-refractivity contribution is -0.0593. The number of fused-ring (bicyclic) bond motifs is 5. The molecule has 3 fully saturated rings. The SMILES string of the molecule is CC(C)CCCC(C)C1CCC2C3CC=C4CC(OC(=O)N(CCCN)CCCCNCCCN)CCC4(C)C3CCC12C. The van der Waals surface area contributed by atoms with Crippen LogP contribution in [-0.4, -0.2) is 56.4 Å². The van der Waals surface area contributed by atoms with Crippen LogP contribution in [0.3, 0.4) is 0 Å². The summed E-state index contributed by atoms with van der Waals surface area (Å²) in [5.74, 6) is 5.11. The molecule has 5 N–H and O–H groups in total. The van der Waals surface area contributed by atoms with Crippen molar-refractivity contribution in [3.63, 3.8) is 0 Å². The maximum absolute atomic E-state index is 13.3. The van der Waals surface area contributed by atoms with Crippen LogP contribution in [0.25, 0.3) is 0 Å². The van der Waals surface area contributed by atoms with E-state index < -0.39 is 0 Å². The lowest BCUT2D eigenvalue weighted by Crippen LogP contribution is -2.51. The van der Waals surface area contributed by atoms with Gasteiger partial charge < -0.3 is 26.4 Å². The molecule has 0 bridgehead atoms. The molecule has 0 spiro atoms. The van der Waals surface area contributed by atoms with Gasteiger partial charge in [-0.05, 0) is 143 Å². The molecule has 6 heteroatoms. The van der Waals surface area contributed by atoms with Crippen LogP contribution < -0.4 is 16.8 Å². The molecule has 0 radical (unpaired) electrons. The quantitative estimate of drug-likeness (QED) is 0.114. The first-order valence-electron chi connectivity index (χ1n) is 18.9. The molecule has 8 atom stereocenters. The van der Waals surface area contributed by atoms with Crippen LogP contribution >= 0.6 is 0 Å². The zero-order valence-electron chi connectivity index (χ0n) is 29.4. The molecule has 0 aromatic heterocycles. The fraction of sp³-hybridized carbons (Fsp3) is 0.921. The maximum atomic E-state index is 13.3. The number of carbonyl (C=O) groups is 1. The van der Waals surface area contributed by atoms with E-state index in [1.54, 1.807) is 5.57 Å². The number of allylic oxidation sites excluding steroid dienone is 1. The zero-order valence-corrected chi connectivity index (χ0v) is 29.4. The Morgan fingerprint density at radius 3 is 2.43 bits per heavy atom. The number of unbranched alkanes of at least 4 members (excludes halogenated alkanes) is 1. The van der Waals surface area contributed by atoms with Gasteiger partial charge in [0, 0.05) is 19.5 Å². The van der Waals surface area contributed by atoms with Gasteiger partial charge in [-0.15, -0.1) is 0 Å². The topological polar surface area (TPSA) is 93.6 Å². The van der Waals surface area contributed by atoms with Crippen molar-refractivity contribution in [3.8, 4) is 0 Å². The van der Waals surface area contributed by atoms with Crippen molar-refractivity contribution in [2.45, 2.75) is 137 Å². The van der Waals surface area contributed by atoms with Gasteiger partial charge in [0.1, 0.15) is 6.10 Å². The number of nitrogens with zero attached hydrogens (tertiary/aromatic N) is 1. The summed E-state index contributed by atoms with van der Waals surface area (Å²) >= 11 is 0. The lowest BCUT2D eigenvalue weighted by Gasteiger charge is -2.58. The first-order chi connectivity index (χ1) is 21.1. The van der Waals surface area contributed by atoms with Crippen LogP contribution in [0.5, 0.6) is 0 Å². The fourth-order valence-electron chi connectivity index (χ4n) is 10.5. The molecule has 1 amide bonds. The zero-order chi connectivity index (χ0) is 31.7. The molecule has 44 heavy (non-hydrogen) atoms. The Morgan fingerprint density at radius 1 is 0.932 bits per heavy atom. The highest BCUT2D eigenvalue weighted by Crippen LogP contribution is 2.67. The van der Waals surface area contributed by atoms with Gasteiger partial charge in [0.15, 0.2) is 0 Å². The van der Waals surface area contributed by atoms with Gasteiger partial charge >= 0.3 is 6.09 Å². The highest BCUT2D eigenvalue weighted by Gasteiger charge is 2.59. The average Bonchev–Trinajstić information content (AvgIpc) is 3.35. The summed E-state index contributed by atoms with van der Waals surface area (Å²) < 4.78 is 6.24. The van der Waals surface area contributed by atoms with Gasteiger partial charge in [-0.25, -0.2) is 4.79 Å². The van der Waals surface area contributed by atoms with E-state index >= 15 is 0 Å². The minimum Gasteiger partial charge on any atom is -0.446 e. The number of amides is 1. The van der Waals surface area contributed by atoms with Gasteiger partial charge in [0.05, 0.1) is 0 Å². The van der Waals surface area contributed by atoms with E-state index in [1.165, 1.54) is 51.4 Å². The third kappa shape index (κ3) is 8.42. The molecule has 6 nitrogen and oxygen atoms in total. The molecule has 4 aliphatic rings. The largest absolute Gasteiger partial charge is 0.446 e. The number of carbonyl (C=O) groups excluding carboxylic acids is 1. The maximum Gasteiger partial charge on any atom is 0.410 e. The minimum absolute atomic E-state index is 0.00749. The van der Waals surface area contributed by atoms with Crippen molar-refractivity contribution < 1.29 is 9.53 Å². The summed E-state index contributed by atoms with van der Waals surface area (Å²) in [5.41, 5.74) is 13.8. The Bertz CT molecular complexity index is 923. The van der Waals surface area contributed by atoms with Crippen molar-refractivity contribution in [2.75, 3.05) is 39.3 Å². The monoisotopic (exact) mass is 615 g/mol. The predicted molar refractivity (Wildman–Crippen MR) is 184 cm³/mol. The van der Waals surface area contributed by atoms with Gasteiger partial charge in [-0.1, -0.05) is 65.5 Å². The Labute approximate surface area is 271 Å². The van der Waals surface area contributed by atoms with Crippen LogP contribution in [-0.2, 0) is 4.74 Å². The minimum atomic E-state index is -0.134. The molecular formula is C38H70N4O2. The first-order valence-corrected chi connectivity index (χ1v) is 18.9. The van der Waals surface area contributed by atoms with E-state index in [2.05, 4.69) is 46.0 Å². The molecule has 0 aromatic rings. The van der Waals surface area contributed by atoms with E-state index in [4.69, 9.17) is 16.2 Å². The van der Waals surface area contributed by atoms with Crippen molar-refractivity contribution in [3.05, 3.63) is 11.6 Å². The van der Waals surface area contributed by atoms with E-state index in [0.29, 0.717) is 18.5 Å². The average molecular weight is 615 g/mol. The van der Waals surface area contributed by atoms with Crippen LogP contribution in [0.15, 0.2) is 11.6 Å². The van der Waals surface area contributed by atoms with Crippen LogP contribution in [0.2, 0.25) is 0 Å². The molecule has 4 rings (SSSR count). The Morgan fingerprint density at radius 2 is 1.68 bits per heavy atom. The van der Waals surface area contributed by atoms with Crippen molar-refractivity contribution in [1.82, 2.24) is 10.2 Å². The first kappa shape index (κ1) is 35.7. The molecule has 4 aliphatic carbocycles. The van der Waals surface area contributed by atoms with Crippen molar-refractivity contribution in [1.29, 1.82) is 0 Å². The highest BCUT2D eigenvalue weighted by atomic mass is 16.6. The van der Waals surface area contributed by atoms with Gasteiger partial charge in [-0.2, -0.15) is 0 Å². The van der Waals surface area contributed by atoms with Crippen molar-refractivity contribution in [2.24, 2.45) is 57.8 Å². The van der Waals surface area contributed by atoms with Gasteiger partial charge in [0.25, 0.3) is 0 Å². The number of hydrogen-bond acceptors (Lipinski definition) is 5. The summed E-state index contributed by atoms with van der Waals surface area (Å²) in [4.78, 5) is 15.3. The summed E-state index contributed by atoms with van der Waals surface area (Å²) in [6, 6.07) is 0. The Hall–Kier alpha value is -1.11. The van der Waals surface area contributed by atoms with Crippen LogP contribution in [0, 0.1) is 46.3 Å². The molecule has 0 aromatic carbocycles. The standard InChI is InChI=1S/C38H70N4O2/c1-28(2)11-8-12-29(3)33-15-16-34-32-14-13-30-27-31(17-19-37(30,4)35(32)18-20-38(33,34)5)44-36(43)42(26-10-22-40)25-7-6-23-41-24-9-21-39/h13,28-29,31-35,41H,6-12,14-27,39-40H2,1-5H3. The Kier molecular flexibility index (Phi) is 13.5. The number of nitrogens with two attached hydrogens (primary N) is 2. The molecule has 3 saturated carbocycles. The van der Waals surface area contributed by atoms with E-state index in [-0.39, 0.29) is 17.6 Å². The van der Waals surface area contributed by atoms with Crippen LogP contribution in [0.4, 0.5) is 4.79 Å². The van der Waals surface area contributed by atoms with E-state index in [1.807, 2.05) is 4.90 Å². The Balaban J connectivity index is 1.32. The summed E-state index contributed by atoms with van der Waals surface area (Å²) in [6.45, 7) is 17.3. The van der Waals surface area contributed by atoms with Gasteiger partial charge in [0.2, 0.25) is 0 Å². The second-order valence-electron chi connectivity index (χ2n) is 16.3. The molecule has 8 unspecified atom stereocenters. The lowest BCUT2D eigenvalue weighted by atomic mass is 9.47. The number of rotatable bonds is 17. The normalized spacial score (nSPS) is 33.7. The summed E-state index contributed by atoms with van der Waals surface area (Å²) in [6.07, 6.45) is 20.6. The molecule has 0 aliphatic heterocycles. The highest BCUT2D eigenvalue weighted by molar-refractivity contribution is 5.67. The third-order valence-electron chi connectivity index (χ3n) is 13.0. The third-order valence-corrected chi connectivity index (χ3v) is 13.0. The predicted octanol–water partition coefficient (Wildman–Crippen LogP) is 7.90. The summed E-state index contributed by atoms with van der Waals surface area (Å²) in [7, 11) is 0. The molecular weight excluding hydrogens is 544 g/mol. The van der Waals surface area contributed by atoms with Gasteiger partial charge in [-0.3, -0.25) is 0 Å². The number of ether oxygens (including phenoxy) is 1.